The molecule has 84 valence electrons. The molecule has 1 unspecified atom stereocenters. The van der Waals surface area contributed by atoms with Crippen molar-refractivity contribution >= 4 is 10.1 Å². The quantitative estimate of drug-likeness (QED) is 0.594. The minimum atomic E-state index is -4.16. The third-order valence-electron chi connectivity index (χ3n) is 2.15. The molecule has 0 aromatic rings. The molecular weight excluding hydrogens is 210 g/mol. The topological polar surface area (TPSA) is 87.1 Å². The Labute approximate surface area is 83.2 Å². The van der Waals surface area contributed by atoms with Crippen LogP contribution in [-0.2, 0) is 14.9 Å². The first kappa shape index (κ1) is 11.9. The lowest BCUT2D eigenvalue weighted by Gasteiger charge is -2.38. The predicted octanol–water partition coefficient (Wildman–Crippen LogP) is -1.09. The van der Waals surface area contributed by atoms with Crippen molar-refractivity contribution < 1.29 is 22.8 Å². The van der Waals surface area contributed by atoms with Crippen LogP contribution >= 0.6 is 0 Å². The maximum atomic E-state index is 10.6. The first-order chi connectivity index (χ1) is 6.31. The van der Waals surface area contributed by atoms with Gasteiger partial charge < -0.3 is 9.84 Å². The predicted molar refractivity (Wildman–Crippen MR) is 49.4 cm³/mol. The fraction of sp³-hybridized carbons (Fsp3) is 1.00. The minimum absolute atomic E-state index is 0.460. The van der Waals surface area contributed by atoms with E-state index in [1.54, 1.807) is 4.90 Å². The number of rotatable bonds is 3. The highest BCUT2D eigenvalue weighted by Crippen LogP contribution is 2.15. The first-order valence-corrected chi connectivity index (χ1v) is 5.92. The Hall–Kier alpha value is -0.210. The third kappa shape index (κ3) is 3.50. The van der Waals surface area contributed by atoms with Crippen LogP contribution in [0.2, 0.25) is 0 Å². The summed E-state index contributed by atoms with van der Waals surface area (Å²) in [6, 6.07) is 0. The number of hydrogen-bond donors (Lipinski definition) is 2. The molecule has 0 aromatic carbocycles. The average Bonchev–Trinajstić information content (AvgIpc) is 2.01. The maximum absolute atomic E-state index is 10.6. The number of morpholine rings is 1. The molecule has 0 aromatic heterocycles. The fourth-order valence-electron chi connectivity index (χ4n) is 1.48. The molecule has 1 aliphatic rings. The Kier molecular flexibility index (Phi) is 3.49. The van der Waals surface area contributed by atoms with E-state index in [0.717, 1.165) is 0 Å². The summed E-state index contributed by atoms with van der Waals surface area (Å²) in [4.78, 5) is 1.57. The van der Waals surface area contributed by atoms with Gasteiger partial charge in [0, 0.05) is 13.1 Å². The van der Waals surface area contributed by atoms with Crippen molar-refractivity contribution in [2.75, 3.05) is 32.1 Å². The zero-order valence-electron chi connectivity index (χ0n) is 8.01. The van der Waals surface area contributed by atoms with E-state index in [1.165, 1.54) is 6.92 Å². The summed E-state index contributed by atoms with van der Waals surface area (Å²) >= 11 is 0. The van der Waals surface area contributed by atoms with Crippen LogP contribution < -0.4 is 0 Å². The molecule has 6 nitrogen and oxygen atoms in total. The van der Waals surface area contributed by atoms with Gasteiger partial charge in [0.2, 0.25) is 0 Å². The molecule has 1 saturated heterocycles. The van der Waals surface area contributed by atoms with Crippen LogP contribution in [0, 0.1) is 0 Å². The molecule has 7 heteroatoms. The van der Waals surface area contributed by atoms with E-state index < -0.39 is 21.6 Å². The molecule has 1 rings (SSSR count). The highest BCUT2D eigenvalue weighted by molar-refractivity contribution is 7.85. The molecule has 0 radical (unpaired) electrons. The molecule has 2 N–H and O–H groups in total. The van der Waals surface area contributed by atoms with E-state index in [1.807, 2.05) is 0 Å². The largest absolute Gasteiger partial charge is 0.379 e. The maximum Gasteiger partial charge on any atom is 0.269 e. The Morgan fingerprint density at radius 2 is 1.93 bits per heavy atom. The summed E-state index contributed by atoms with van der Waals surface area (Å²) in [6.07, 6.45) is 0. The second-order valence-corrected chi connectivity index (χ2v) is 5.00. The van der Waals surface area contributed by atoms with Gasteiger partial charge in [-0.1, -0.05) is 0 Å². The van der Waals surface area contributed by atoms with Crippen LogP contribution in [0.1, 0.15) is 6.92 Å². The van der Waals surface area contributed by atoms with Crippen LogP contribution in [0.5, 0.6) is 0 Å². The molecule has 1 aliphatic heterocycles. The van der Waals surface area contributed by atoms with Gasteiger partial charge in [0.15, 0.2) is 0 Å². The van der Waals surface area contributed by atoms with Crippen LogP contribution in [0.4, 0.5) is 0 Å². The Bertz CT molecular complexity index is 280. The van der Waals surface area contributed by atoms with Gasteiger partial charge in [-0.25, -0.2) is 0 Å². The molecule has 1 heterocycles. The number of aliphatic hydroxyl groups is 1. The SMILES string of the molecule is CC(O)(CS(=O)(=O)O)N1CCOCC1. The Balaban J connectivity index is 2.63. The molecule has 0 amide bonds. The standard InChI is InChI=1S/C7H15NO5S/c1-7(9,6-14(10,11)12)8-2-4-13-5-3-8/h9H,2-6H2,1H3,(H,10,11,12). The smallest absolute Gasteiger partial charge is 0.269 e. The van der Waals surface area contributed by atoms with Gasteiger partial charge in [-0.2, -0.15) is 8.42 Å². The van der Waals surface area contributed by atoms with Crippen LogP contribution in [0.3, 0.4) is 0 Å². The summed E-state index contributed by atoms with van der Waals surface area (Å²) in [7, 11) is -4.16. The summed E-state index contributed by atoms with van der Waals surface area (Å²) in [5.74, 6) is -0.681. The summed E-state index contributed by atoms with van der Waals surface area (Å²) in [6.45, 7) is 3.21. The number of hydrogen-bond acceptors (Lipinski definition) is 5. The van der Waals surface area contributed by atoms with Gasteiger partial charge in [0.1, 0.15) is 11.5 Å². The van der Waals surface area contributed by atoms with E-state index in [2.05, 4.69) is 0 Å². The first-order valence-electron chi connectivity index (χ1n) is 4.32. The molecule has 1 atom stereocenters. The van der Waals surface area contributed by atoms with Gasteiger partial charge in [-0.05, 0) is 6.92 Å². The van der Waals surface area contributed by atoms with Crippen LogP contribution in [-0.4, -0.2) is 60.8 Å². The molecule has 0 saturated carbocycles. The van der Waals surface area contributed by atoms with Gasteiger partial charge in [-0.15, -0.1) is 0 Å². The van der Waals surface area contributed by atoms with Gasteiger partial charge >= 0.3 is 0 Å². The van der Waals surface area contributed by atoms with Gasteiger partial charge in [0.25, 0.3) is 10.1 Å². The summed E-state index contributed by atoms with van der Waals surface area (Å²) in [5.41, 5.74) is -1.53. The van der Waals surface area contributed by atoms with E-state index >= 15 is 0 Å². The van der Waals surface area contributed by atoms with Crippen molar-refractivity contribution in [3.8, 4) is 0 Å². The highest BCUT2D eigenvalue weighted by atomic mass is 32.2. The van der Waals surface area contributed by atoms with E-state index in [4.69, 9.17) is 9.29 Å². The van der Waals surface area contributed by atoms with E-state index in [9.17, 15) is 13.5 Å². The van der Waals surface area contributed by atoms with Crippen LogP contribution in [0.25, 0.3) is 0 Å². The summed E-state index contributed by atoms with van der Waals surface area (Å²) < 4.78 is 35.0. The lowest BCUT2D eigenvalue weighted by Crippen LogP contribution is -2.55. The molecule has 0 aliphatic carbocycles. The van der Waals surface area contributed by atoms with Crippen LogP contribution in [0.15, 0.2) is 0 Å². The van der Waals surface area contributed by atoms with Crippen molar-refractivity contribution in [1.82, 2.24) is 4.90 Å². The monoisotopic (exact) mass is 225 g/mol. The third-order valence-corrected chi connectivity index (χ3v) is 3.06. The average molecular weight is 225 g/mol. The number of ether oxygens (including phenoxy) is 1. The second kappa shape index (κ2) is 4.11. The zero-order chi connectivity index (χ0) is 10.8. The molecule has 0 spiro atoms. The molecule has 1 fully saturated rings. The normalized spacial score (nSPS) is 24.5. The van der Waals surface area contributed by atoms with E-state index in [-0.39, 0.29) is 0 Å². The minimum Gasteiger partial charge on any atom is -0.379 e. The summed E-state index contributed by atoms with van der Waals surface area (Å²) in [5, 5.41) is 9.81. The molecular formula is C7H15NO5S. The highest BCUT2D eigenvalue weighted by Gasteiger charge is 2.34. The second-order valence-electron chi connectivity index (χ2n) is 3.54. The molecule has 14 heavy (non-hydrogen) atoms. The van der Waals surface area contributed by atoms with Crippen molar-refractivity contribution in [2.45, 2.75) is 12.6 Å². The van der Waals surface area contributed by atoms with Crippen molar-refractivity contribution in [3.05, 3.63) is 0 Å². The molecule has 0 bridgehead atoms. The van der Waals surface area contributed by atoms with Gasteiger partial charge in [-0.3, -0.25) is 9.45 Å². The van der Waals surface area contributed by atoms with Gasteiger partial charge in [0.05, 0.1) is 13.2 Å². The van der Waals surface area contributed by atoms with Crippen molar-refractivity contribution in [1.29, 1.82) is 0 Å². The lowest BCUT2D eigenvalue weighted by atomic mass is 10.2. The van der Waals surface area contributed by atoms with Crippen molar-refractivity contribution in [2.24, 2.45) is 0 Å². The fourth-order valence-corrected chi connectivity index (χ4v) is 2.36. The zero-order valence-corrected chi connectivity index (χ0v) is 8.83. The Morgan fingerprint density at radius 1 is 1.43 bits per heavy atom. The lowest BCUT2D eigenvalue weighted by molar-refractivity contribution is -0.114. The van der Waals surface area contributed by atoms with Crippen molar-refractivity contribution in [3.63, 3.8) is 0 Å². The van der Waals surface area contributed by atoms with E-state index in [0.29, 0.717) is 26.3 Å². The number of nitrogens with zero attached hydrogens (tertiary/aromatic N) is 1. The Morgan fingerprint density at radius 3 is 2.36 bits per heavy atom.